The maximum absolute atomic E-state index is 9.87. The van der Waals surface area contributed by atoms with E-state index in [-0.39, 0.29) is 8.69 Å². The molecule has 0 fully saturated rings. The van der Waals surface area contributed by atoms with Crippen LogP contribution in [0.25, 0.3) is 0 Å². The molecule has 3 nitrogen and oxygen atoms in total. The molecule has 0 aliphatic carbocycles. The van der Waals surface area contributed by atoms with Crippen molar-refractivity contribution in [2.24, 2.45) is 0 Å². The minimum atomic E-state index is -0.387. The molecule has 0 amide bonds. The Kier molecular flexibility index (Phi) is 2.60. The number of pyridine rings is 1. The molecule has 0 bridgehead atoms. The summed E-state index contributed by atoms with van der Waals surface area (Å²) in [5, 5.41) is 0.384. The van der Waals surface area contributed by atoms with Gasteiger partial charge in [0.25, 0.3) is 0 Å². The molecule has 0 aliphatic heterocycles. The van der Waals surface area contributed by atoms with E-state index >= 15 is 0 Å². The summed E-state index contributed by atoms with van der Waals surface area (Å²) in [6.07, 6.45) is 1.40. The van der Waals surface area contributed by atoms with E-state index in [1.165, 1.54) is 6.20 Å². The van der Waals surface area contributed by atoms with Gasteiger partial charge in [0.15, 0.2) is 5.75 Å². The van der Waals surface area contributed by atoms with Crippen LogP contribution in [0.2, 0.25) is 5.15 Å². The second-order valence-electron chi connectivity index (χ2n) is 1.48. The van der Waals surface area contributed by atoms with E-state index < -0.39 is 0 Å². The molecule has 1 aromatic heterocycles. The first kappa shape index (κ1) is 7.45. The largest absolute Gasteiger partial charge is 0.406 e. The number of hydrogen-bond donors (Lipinski definition) is 0. The van der Waals surface area contributed by atoms with Crippen LogP contribution in [0.4, 0.5) is 0 Å². The van der Waals surface area contributed by atoms with Crippen LogP contribution >= 0.6 is 20.3 Å². The molecular weight excluding hydrogens is 172 g/mol. The topological polar surface area (TPSA) is 39.2 Å². The highest BCUT2D eigenvalue weighted by Gasteiger charge is 1.92. The quantitative estimate of drug-likeness (QED) is 0.512. The third-order valence-electron chi connectivity index (χ3n) is 0.843. The van der Waals surface area contributed by atoms with Crippen LogP contribution in [-0.4, -0.2) is 4.98 Å². The lowest BCUT2D eigenvalue weighted by molar-refractivity contribution is 0.524. The summed E-state index contributed by atoms with van der Waals surface area (Å²) in [5.74, 6) is 0.432. The Morgan fingerprint density at radius 3 is 2.90 bits per heavy atom. The number of aromatic nitrogens is 1. The average molecular weight is 176 g/mol. The van der Waals surface area contributed by atoms with Crippen LogP contribution in [0.15, 0.2) is 18.3 Å². The van der Waals surface area contributed by atoms with Crippen molar-refractivity contribution in [2.45, 2.75) is 0 Å². The number of nitrogens with zero attached hydrogens (tertiary/aromatic N) is 1. The van der Waals surface area contributed by atoms with Gasteiger partial charge in [-0.2, -0.15) is 0 Å². The summed E-state index contributed by atoms with van der Waals surface area (Å²) in [4.78, 5) is 3.69. The zero-order valence-corrected chi connectivity index (χ0v) is 6.47. The van der Waals surface area contributed by atoms with Gasteiger partial charge in [-0.1, -0.05) is 11.6 Å². The zero-order chi connectivity index (χ0) is 7.40. The van der Waals surface area contributed by atoms with Crippen LogP contribution in [0, 0.1) is 0 Å². The second kappa shape index (κ2) is 3.49. The van der Waals surface area contributed by atoms with Crippen LogP contribution < -0.4 is 4.52 Å². The first-order chi connectivity index (χ1) is 4.83. The van der Waals surface area contributed by atoms with Gasteiger partial charge in [0, 0.05) is 0 Å². The van der Waals surface area contributed by atoms with Gasteiger partial charge >= 0.3 is 8.69 Å². The molecule has 0 spiro atoms. The predicted octanol–water partition coefficient (Wildman–Crippen LogP) is 2.32. The van der Waals surface area contributed by atoms with E-state index in [4.69, 9.17) is 11.6 Å². The smallest absolute Gasteiger partial charge is 0.395 e. The Bertz CT molecular complexity index is 226. The fourth-order valence-electron chi connectivity index (χ4n) is 0.459. The summed E-state index contributed by atoms with van der Waals surface area (Å²) < 4.78 is 14.4. The van der Waals surface area contributed by atoms with Gasteiger partial charge < -0.3 is 4.52 Å². The SMILES string of the molecule is O=POc1ccc(Cl)nc1. The Balaban J connectivity index is 2.78. The lowest BCUT2D eigenvalue weighted by Crippen LogP contribution is -1.76. The van der Waals surface area contributed by atoms with Crippen molar-refractivity contribution in [1.29, 1.82) is 0 Å². The van der Waals surface area contributed by atoms with Gasteiger partial charge in [0.2, 0.25) is 0 Å². The molecule has 1 heterocycles. The molecule has 10 heavy (non-hydrogen) atoms. The third-order valence-corrected chi connectivity index (χ3v) is 1.35. The Morgan fingerprint density at radius 2 is 2.40 bits per heavy atom. The van der Waals surface area contributed by atoms with Gasteiger partial charge in [-0.05, 0) is 12.1 Å². The van der Waals surface area contributed by atoms with Crippen molar-refractivity contribution in [3.8, 4) is 5.75 Å². The second-order valence-corrected chi connectivity index (χ2v) is 2.20. The molecule has 0 aliphatic rings. The van der Waals surface area contributed by atoms with Crippen LogP contribution in [-0.2, 0) is 4.57 Å². The minimum absolute atomic E-state index is 0.384. The van der Waals surface area contributed by atoms with Crippen molar-refractivity contribution < 1.29 is 9.09 Å². The van der Waals surface area contributed by atoms with E-state index in [1.54, 1.807) is 12.1 Å². The van der Waals surface area contributed by atoms with Gasteiger partial charge in [-0.15, -0.1) is 0 Å². The summed E-state index contributed by atoms with van der Waals surface area (Å²) in [7, 11) is -0.387. The number of halogens is 1. The molecule has 0 N–H and O–H groups in total. The molecule has 0 unspecified atom stereocenters. The van der Waals surface area contributed by atoms with Crippen LogP contribution in [0.5, 0.6) is 5.75 Å². The van der Waals surface area contributed by atoms with E-state index in [0.717, 1.165) is 0 Å². The van der Waals surface area contributed by atoms with Gasteiger partial charge in [-0.25, -0.2) is 9.55 Å². The molecule has 52 valence electrons. The summed E-state index contributed by atoms with van der Waals surface area (Å²) in [5.41, 5.74) is 0. The molecule has 1 rings (SSSR count). The normalized spacial score (nSPS) is 9.70. The fraction of sp³-hybridized carbons (Fsp3) is 0. The Morgan fingerprint density at radius 1 is 1.60 bits per heavy atom. The van der Waals surface area contributed by atoms with Crippen LogP contribution in [0.3, 0.4) is 0 Å². The molecule has 5 heteroatoms. The monoisotopic (exact) mass is 175 g/mol. The lowest BCUT2D eigenvalue weighted by atomic mass is 10.5. The molecule has 0 radical (unpaired) electrons. The first-order valence-corrected chi connectivity index (χ1v) is 3.55. The maximum atomic E-state index is 9.87. The maximum Gasteiger partial charge on any atom is 0.395 e. The average Bonchev–Trinajstić information content (AvgIpc) is 1.95. The van der Waals surface area contributed by atoms with Crippen molar-refractivity contribution >= 4 is 20.3 Å². The summed E-state index contributed by atoms with van der Waals surface area (Å²) in [6.45, 7) is 0. The highest BCUT2D eigenvalue weighted by atomic mass is 35.5. The highest BCUT2D eigenvalue weighted by molar-refractivity contribution is 7.17. The van der Waals surface area contributed by atoms with Crippen molar-refractivity contribution in [1.82, 2.24) is 4.98 Å². The van der Waals surface area contributed by atoms with E-state index in [9.17, 15) is 4.57 Å². The summed E-state index contributed by atoms with van der Waals surface area (Å²) >= 11 is 5.46. The molecule has 0 aromatic carbocycles. The molecule has 0 atom stereocenters. The van der Waals surface area contributed by atoms with Crippen LogP contribution in [0.1, 0.15) is 0 Å². The molecular formula is C5H3ClNO2P. The van der Waals surface area contributed by atoms with Crippen molar-refractivity contribution in [3.05, 3.63) is 23.5 Å². The zero-order valence-electron chi connectivity index (χ0n) is 4.82. The molecule has 0 saturated carbocycles. The predicted molar refractivity (Wildman–Crippen MR) is 37.5 cm³/mol. The fourth-order valence-corrected chi connectivity index (χ4v) is 0.765. The van der Waals surface area contributed by atoms with E-state index in [0.29, 0.717) is 10.9 Å². The third kappa shape index (κ3) is 1.94. The van der Waals surface area contributed by atoms with Gasteiger partial charge in [0.05, 0.1) is 6.20 Å². The molecule has 0 saturated heterocycles. The summed E-state index contributed by atoms with van der Waals surface area (Å²) in [6, 6.07) is 3.14. The lowest BCUT2D eigenvalue weighted by Gasteiger charge is -1.92. The van der Waals surface area contributed by atoms with Crippen molar-refractivity contribution in [2.75, 3.05) is 0 Å². The van der Waals surface area contributed by atoms with Crippen molar-refractivity contribution in [3.63, 3.8) is 0 Å². The molecule has 1 aromatic rings. The minimum Gasteiger partial charge on any atom is -0.406 e. The van der Waals surface area contributed by atoms with E-state index in [1.807, 2.05) is 0 Å². The Hall–Kier alpha value is -0.660. The van der Waals surface area contributed by atoms with Gasteiger partial charge in [-0.3, -0.25) is 0 Å². The first-order valence-electron chi connectivity index (χ1n) is 2.44. The Labute approximate surface area is 64.3 Å². The van der Waals surface area contributed by atoms with Gasteiger partial charge in [0.1, 0.15) is 5.15 Å². The highest BCUT2D eigenvalue weighted by Crippen LogP contribution is 2.15. The standard InChI is InChI=1S/C5H3ClNO2P/c6-5-2-1-4(3-7-5)9-10-8/h1-3H. The number of hydrogen-bond acceptors (Lipinski definition) is 3. The van der Waals surface area contributed by atoms with E-state index in [2.05, 4.69) is 9.51 Å². The number of rotatable bonds is 2.